The number of hydrogen-bond acceptors (Lipinski definition) is 5. The van der Waals surface area contributed by atoms with E-state index in [-0.39, 0.29) is 5.91 Å². The molecule has 0 radical (unpaired) electrons. The zero-order valence-corrected chi connectivity index (χ0v) is 17.3. The molecule has 140 valence electrons. The van der Waals surface area contributed by atoms with Crippen LogP contribution in [0.3, 0.4) is 0 Å². The Balaban J connectivity index is 1.25. The summed E-state index contributed by atoms with van der Waals surface area (Å²) in [4.78, 5) is 21.6. The quantitative estimate of drug-likeness (QED) is 0.652. The van der Waals surface area contributed by atoms with E-state index in [1.54, 1.807) is 11.3 Å². The number of aromatic nitrogens is 1. The lowest BCUT2D eigenvalue weighted by atomic mass is 10.2. The van der Waals surface area contributed by atoms with Gasteiger partial charge in [-0.25, -0.2) is 4.98 Å². The van der Waals surface area contributed by atoms with E-state index in [1.165, 1.54) is 4.70 Å². The highest BCUT2D eigenvalue weighted by Gasteiger charge is 2.19. The number of nitrogens with zero attached hydrogens (tertiary/aromatic N) is 3. The second kappa shape index (κ2) is 8.37. The monoisotopic (exact) mass is 444 g/mol. The third-order valence-corrected chi connectivity index (χ3v) is 6.30. The Morgan fingerprint density at radius 1 is 1.11 bits per heavy atom. The van der Waals surface area contributed by atoms with Gasteiger partial charge in [-0.15, -0.1) is 0 Å². The van der Waals surface area contributed by atoms with Crippen LogP contribution >= 0.6 is 27.3 Å². The predicted molar refractivity (Wildman–Crippen MR) is 115 cm³/mol. The van der Waals surface area contributed by atoms with Crippen molar-refractivity contribution >= 4 is 48.5 Å². The molecule has 1 aromatic heterocycles. The van der Waals surface area contributed by atoms with Crippen molar-refractivity contribution in [2.24, 2.45) is 0 Å². The summed E-state index contributed by atoms with van der Waals surface area (Å²) >= 11 is 5.27. The predicted octanol–water partition coefficient (Wildman–Crippen LogP) is 3.61. The number of rotatable bonds is 5. The topological polar surface area (TPSA) is 48.5 Å². The van der Waals surface area contributed by atoms with E-state index in [0.29, 0.717) is 12.1 Å². The number of benzene rings is 2. The van der Waals surface area contributed by atoms with Crippen LogP contribution in [0.1, 0.15) is 10.4 Å². The molecule has 1 N–H and O–H groups in total. The van der Waals surface area contributed by atoms with Gasteiger partial charge in [-0.2, -0.15) is 0 Å². The minimum atomic E-state index is -0.00475. The Morgan fingerprint density at radius 2 is 1.89 bits per heavy atom. The highest BCUT2D eigenvalue weighted by Crippen LogP contribution is 2.31. The molecule has 2 heterocycles. The number of halogens is 1. The van der Waals surface area contributed by atoms with Crippen LogP contribution in [0.2, 0.25) is 0 Å². The zero-order valence-electron chi connectivity index (χ0n) is 14.9. The van der Waals surface area contributed by atoms with Crippen molar-refractivity contribution in [1.82, 2.24) is 15.2 Å². The van der Waals surface area contributed by atoms with Crippen LogP contribution in [-0.2, 0) is 0 Å². The summed E-state index contributed by atoms with van der Waals surface area (Å²) in [6, 6.07) is 15.6. The summed E-state index contributed by atoms with van der Waals surface area (Å²) in [5.41, 5.74) is 1.77. The Hall–Kier alpha value is -1.96. The van der Waals surface area contributed by atoms with Crippen molar-refractivity contribution in [3.05, 3.63) is 58.6 Å². The molecule has 1 aliphatic rings. The molecule has 5 nitrogen and oxygen atoms in total. The largest absolute Gasteiger partial charge is 0.351 e. The fourth-order valence-electron chi connectivity index (χ4n) is 3.20. The summed E-state index contributed by atoms with van der Waals surface area (Å²) in [6.07, 6.45) is 0. The average molecular weight is 445 g/mol. The molecule has 0 bridgehead atoms. The number of amides is 1. The van der Waals surface area contributed by atoms with Gasteiger partial charge in [-0.1, -0.05) is 45.5 Å². The normalized spacial score (nSPS) is 15.2. The first-order valence-electron chi connectivity index (χ1n) is 9.06. The van der Waals surface area contributed by atoms with Gasteiger partial charge in [0.15, 0.2) is 5.13 Å². The fraction of sp³-hybridized carbons (Fsp3) is 0.300. The van der Waals surface area contributed by atoms with Crippen LogP contribution in [0.25, 0.3) is 10.2 Å². The van der Waals surface area contributed by atoms with Gasteiger partial charge in [0.2, 0.25) is 0 Å². The second-order valence-electron chi connectivity index (χ2n) is 6.56. The van der Waals surface area contributed by atoms with Crippen LogP contribution in [0.4, 0.5) is 5.13 Å². The second-order valence-corrected chi connectivity index (χ2v) is 8.48. The van der Waals surface area contributed by atoms with Crippen molar-refractivity contribution in [3.8, 4) is 0 Å². The molecule has 0 spiro atoms. The van der Waals surface area contributed by atoms with Crippen LogP contribution in [0, 0.1) is 0 Å². The van der Waals surface area contributed by atoms with Gasteiger partial charge in [-0.3, -0.25) is 9.69 Å². The number of hydrogen-bond donors (Lipinski definition) is 1. The van der Waals surface area contributed by atoms with E-state index in [0.717, 1.165) is 47.8 Å². The molecule has 0 unspecified atom stereocenters. The van der Waals surface area contributed by atoms with Crippen molar-refractivity contribution in [3.63, 3.8) is 0 Å². The van der Waals surface area contributed by atoms with Crippen molar-refractivity contribution in [2.75, 3.05) is 44.2 Å². The Bertz CT molecular complexity index is 922. The maximum atomic E-state index is 12.1. The first-order chi connectivity index (χ1) is 13.2. The number of piperazine rings is 1. The molecule has 0 atom stereocenters. The SMILES string of the molecule is O=C(NCCN1CCN(c2nc3ccc(Br)cc3s2)CC1)c1ccccc1. The molecule has 1 amide bonds. The van der Waals surface area contributed by atoms with Gasteiger partial charge in [0.05, 0.1) is 10.2 Å². The van der Waals surface area contributed by atoms with Gasteiger partial charge in [0.1, 0.15) is 0 Å². The van der Waals surface area contributed by atoms with E-state index in [1.807, 2.05) is 36.4 Å². The van der Waals surface area contributed by atoms with Crippen molar-refractivity contribution in [1.29, 1.82) is 0 Å². The average Bonchev–Trinajstić information content (AvgIpc) is 3.12. The first-order valence-corrected chi connectivity index (χ1v) is 10.7. The number of carbonyl (C=O) groups excluding carboxylic acids is 1. The number of thiazole rings is 1. The lowest BCUT2D eigenvalue weighted by molar-refractivity contribution is 0.0948. The van der Waals surface area contributed by atoms with Gasteiger partial charge in [-0.05, 0) is 30.3 Å². The van der Waals surface area contributed by atoms with Crippen LogP contribution in [0.15, 0.2) is 53.0 Å². The van der Waals surface area contributed by atoms with Crippen LogP contribution < -0.4 is 10.2 Å². The Morgan fingerprint density at radius 3 is 2.67 bits per heavy atom. The zero-order chi connectivity index (χ0) is 18.6. The van der Waals surface area contributed by atoms with Crippen molar-refractivity contribution < 1.29 is 4.79 Å². The summed E-state index contributed by atoms with van der Waals surface area (Å²) in [5, 5.41) is 4.10. The van der Waals surface area contributed by atoms with Gasteiger partial charge < -0.3 is 10.2 Å². The fourth-order valence-corrected chi connectivity index (χ4v) is 4.77. The minimum absolute atomic E-state index is 0.00475. The number of fused-ring (bicyclic) bond motifs is 1. The highest BCUT2D eigenvalue weighted by molar-refractivity contribution is 9.10. The molecule has 1 saturated heterocycles. The molecule has 0 saturated carbocycles. The van der Waals surface area contributed by atoms with E-state index >= 15 is 0 Å². The highest BCUT2D eigenvalue weighted by atomic mass is 79.9. The molecule has 1 fully saturated rings. The van der Waals surface area contributed by atoms with Crippen LogP contribution in [0.5, 0.6) is 0 Å². The van der Waals surface area contributed by atoms with Crippen molar-refractivity contribution in [2.45, 2.75) is 0 Å². The number of anilines is 1. The van der Waals surface area contributed by atoms with Crippen LogP contribution in [-0.4, -0.2) is 55.1 Å². The van der Waals surface area contributed by atoms with Gasteiger partial charge >= 0.3 is 0 Å². The van der Waals surface area contributed by atoms with E-state index < -0.39 is 0 Å². The molecule has 27 heavy (non-hydrogen) atoms. The summed E-state index contributed by atoms with van der Waals surface area (Å²) in [5.74, 6) is -0.00475. The molecular formula is C20H21BrN4OS. The maximum Gasteiger partial charge on any atom is 0.251 e. The standard InChI is InChI=1S/C20H21BrN4OS/c21-16-6-7-17-18(14-16)27-20(23-17)25-12-10-24(11-13-25)9-8-22-19(26)15-4-2-1-3-5-15/h1-7,14H,8-13H2,(H,22,26). The Labute approximate surface area is 171 Å². The van der Waals surface area contributed by atoms with E-state index in [4.69, 9.17) is 4.98 Å². The molecular weight excluding hydrogens is 424 g/mol. The summed E-state index contributed by atoms with van der Waals surface area (Å²) in [7, 11) is 0. The maximum absolute atomic E-state index is 12.1. The first kappa shape index (κ1) is 18.4. The molecule has 7 heteroatoms. The molecule has 3 aromatic rings. The molecule has 0 aliphatic carbocycles. The number of carbonyl (C=O) groups is 1. The smallest absolute Gasteiger partial charge is 0.251 e. The molecule has 1 aliphatic heterocycles. The minimum Gasteiger partial charge on any atom is -0.351 e. The molecule has 2 aromatic carbocycles. The van der Waals surface area contributed by atoms with E-state index in [9.17, 15) is 4.79 Å². The third-order valence-electron chi connectivity index (χ3n) is 4.73. The lowest BCUT2D eigenvalue weighted by Crippen LogP contribution is -2.48. The van der Waals surface area contributed by atoms with E-state index in [2.05, 4.69) is 43.2 Å². The number of nitrogens with one attached hydrogen (secondary N) is 1. The molecule has 4 rings (SSSR count). The summed E-state index contributed by atoms with van der Waals surface area (Å²) < 4.78 is 2.30. The lowest BCUT2D eigenvalue weighted by Gasteiger charge is -2.34. The van der Waals surface area contributed by atoms with Gasteiger partial charge in [0, 0.05) is 49.3 Å². The summed E-state index contributed by atoms with van der Waals surface area (Å²) in [6.45, 7) is 5.45. The van der Waals surface area contributed by atoms with Gasteiger partial charge in [0.25, 0.3) is 5.91 Å². The third kappa shape index (κ3) is 4.48. The Kier molecular flexibility index (Phi) is 5.71.